The first kappa shape index (κ1) is 12.2. The largest absolute Gasteiger partial charge is 0.337 e. The van der Waals surface area contributed by atoms with Gasteiger partial charge in [0.2, 0.25) is 0 Å². The van der Waals surface area contributed by atoms with Crippen molar-refractivity contribution in [3.05, 3.63) is 18.2 Å². The van der Waals surface area contributed by atoms with Crippen LogP contribution >= 0.6 is 0 Å². The first-order valence-corrected chi connectivity index (χ1v) is 5.29. The van der Waals surface area contributed by atoms with Gasteiger partial charge in [-0.1, -0.05) is 13.8 Å². The zero-order chi connectivity index (χ0) is 11.5. The first-order valence-electron chi connectivity index (χ1n) is 5.29. The van der Waals surface area contributed by atoms with E-state index in [9.17, 15) is 0 Å². The summed E-state index contributed by atoms with van der Waals surface area (Å²) < 4.78 is 2.05. The third-order valence-corrected chi connectivity index (χ3v) is 2.58. The van der Waals surface area contributed by atoms with Crippen molar-refractivity contribution in [2.24, 2.45) is 18.2 Å². The number of aromatic nitrogens is 2. The molecule has 0 fully saturated rings. The fourth-order valence-corrected chi connectivity index (χ4v) is 1.64. The van der Waals surface area contributed by atoms with E-state index < -0.39 is 0 Å². The van der Waals surface area contributed by atoms with Crippen LogP contribution in [0.2, 0.25) is 0 Å². The minimum Gasteiger partial charge on any atom is -0.337 e. The second-order valence-electron chi connectivity index (χ2n) is 5.00. The molecule has 0 bridgehead atoms. The van der Waals surface area contributed by atoms with E-state index >= 15 is 0 Å². The van der Waals surface area contributed by atoms with Crippen molar-refractivity contribution in [3.63, 3.8) is 0 Å². The lowest BCUT2D eigenvalue weighted by Crippen LogP contribution is -2.36. The molecule has 0 aliphatic carbocycles. The van der Waals surface area contributed by atoms with Gasteiger partial charge >= 0.3 is 0 Å². The molecule has 0 radical (unpaired) electrons. The van der Waals surface area contributed by atoms with Crippen molar-refractivity contribution in [1.82, 2.24) is 14.5 Å². The van der Waals surface area contributed by atoms with Crippen LogP contribution in [-0.4, -0.2) is 34.6 Å². The van der Waals surface area contributed by atoms with E-state index in [0.717, 1.165) is 18.9 Å². The van der Waals surface area contributed by atoms with Crippen LogP contribution in [-0.2, 0) is 13.6 Å². The highest BCUT2D eigenvalue weighted by Gasteiger charge is 2.18. The average molecular weight is 210 g/mol. The molecule has 1 aromatic rings. The number of nitrogens with two attached hydrogens (primary N) is 1. The Hall–Kier alpha value is -0.870. The van der Waals surface area contributed by atoms with Crippen LogP contribution in [0.25, 0.3) is 0 Å². The van der Waals surface area contributed by atoms with Crippen LogP contribution in [0.4, 0.5) is 0 Å². The van der Waals surface area contributed by atoms with Gasteiger partial charge in [0.05, 0.1) is 6.54 Å². The molecule has 4 nitrogen and oxygen atoms in total. The Morgan fingerprint density at radius 2 is 2.20 bits per heavy atom. The van der Waals surface area contributed by atoms with Crippen LogP contribution in [0.1, 0.15) is 19.7 Å². The number of rotatable bonds is 5. The Labute approximate surface area is 92.1 Å². The van der Waals surface area contributed by atoms with Crippen molar-refractivity contribution in [3.8, 4) is 0 Å². The van der Waals surface area contributed by atoms with Crippen molar-refractivity contribution >= 4 is 0 Å². The van der Waals surface area contributed by atoms with Crippen molar-refractivity contribution in [1.29, 1.82) is 0 Å². The lowest BCUT2D eigenvalue weighted by molar-refractivity contribution is 0.205. The van der Waals surface area contributed by atoms with Gasteiger partial charge in [0, 0.05) is 26.0 Å². The topological polar surface area (TPSA) is 47.1 Å². The van der Waals surface area contributed by atoms with Crippen LogP contribution < -0.4 is 5.73 Å². The van der Waals surface area contributed by atoms with Gasteiger partial charge in [0.1, 0.15) is 5.82 Å². The molecule has 0 atom stereocenters. The lowest BCUT2D eigenvalue weighted by Gasteiger charge is -2.28. The molecular weight excluding hydrogens is 188 g/mol. The lowest BCUT2D eigenvalue weighted by atomic mass is 9.93. The van der Waals surface area contributed by atoms with Crippen molar-refractivity contribution < 1.29 is 0 Å². The molecule has 0 saturated carbocycles. The Bertz CT molecular complexity index is 303. The standard InChI is InChI=1S/C11H22N4/c1-11(2,8-12)9-14(3)7-10-13-5-6-15(10)4/h5-6H,7-9,12H2,1-4H3. The molecule has 1 aromatic heterocycles. The molecule has 0 saturated heterocycles. The highest BCUT2D eigenvalue weighted by Crippen LogP contribution is 2.14. The number of hydrogen-bond donors (Lipinski definition) is 1. The molecule has 0 spiro atoms. The minimum absolute atomic E-state index is 0.167. The van der Waals surface area contributed by atoms with E-state index in [-0.39, 0.29) is 5.41 Å². The summed E-state index contributed by atoms with van der Waals surface area (Å²) in [6.07, 6.45) is 3.80. The van der Waals surface area contributed by atoms with Gasteiger partial charge < -0.3 is 10.3 Å². The maximum Gasteiger partial charge on any atom is 0.122 e. The Kier molecular flexibility index (Phi) is 3.88. The van der Waals surface area contributed by atoms with Gasteiger partial charge in [0.25, 0.3) is 0 Å². The Balaban J connectivity index is 2.50. The Morgan fingerprint density at radius 3 is 2.67 bits per heavy atom. The molecule has 1 heterocycles. The normalized spacial score (nSPS) is 12.4. The SMILES string of the molecule is CN(Cc1nccn1C)CC(C)(C)CN. The van der Waals surface area contributed by atoms with Gasteiger partial charge in [0.15, 0.2) is 0 Å². The fourth-order valence-electron chi connectivity index (χ4n) is 1.64. The van der Waals surface area contributed by atoms with Gasteiger partial charge in [-0.15, -0.1) is 0 Å². The monoisotopic (exact) mass is 210 g/mol. The number of nitrogens with zero attached hydrogens (tertiary/aromatic N) is 3. The molecule has 0 aromatic carbocycles. The summed E-state index contributed by atoms with van der Waals surface area (Å²) in [4.78, 5) is 6.56. The minimum atomic E-state index is 0.167. The van der Waals surface area contributed by atoms with E-state index in [1.54, 1.807) is 0 Å². The molecule has 1 rings (SSSR count). The van der Waals surface area contributed by atoms with E-state index in [0.29, 0.717) is 6.54 Å². The molecule has 4 heteroatoms. The van der Waals surface area contributed by atoms with Gasteiger partial charge in [-0.3, -0.25) is 4.90 Å². The molecule has 2 N–H and O–H groups in total. The number of hydrogen-bond acceptors (Lipinski definition) is 3. The maximum atomic E-state index is 5.71. The van der Waals surface area contributed by atoms with Gasteiger partial charge in [-0.2, -0.15) is 0 Å². The Morgan fingerprint density at radius 1 is 1.53 bits per heavy atom. The van der Waals surface area contributed by atoms with E-state index in [1.807, 2.05) is 24.0 Å². The first-order chi connectivity index (χ1) is 6.94. The predicted octanol–water partition coefficient (Wildman–Crippen LogP) is 0.837. The second kappa shape index (κ2) is 4.77. The van der Waals surface area contributed by atoms with E-state index in [2.05, 4.69) is 30.8 Å². The predicted molar refractivity (Wildman–Crippen MR) is 62.4 cm³/mol. The summed E-state index contributed by atoms with van der Waals surface area (Å²) in [6, 6.07) is 0. The second-order valence-corrected chi connectivity index (χ2v) is 5.00. The number of aryl methyl sites for hydroxylation is 1. The van der Waals surface area contributed by atoms with E-state index in [4.69, 9.17) is 5.73 Å². The smallest absolute Gasteiger partial charge is 0.122 e. The number of imidazole rings is 1. The summed E-state index contributed by atoms with van der Waals surface area (Å²) >= 11 is 0. The molecule has 0 aliphatic rings. The van der Waals surface area contributed by atoms with Crippen molar-refractivity contribution in [2.75, 3.05) is 20.1 Å². The molecule has 0 aliphatic heterocycles. The highest BCUT2D eigenvalue weighted by atomic mass is 15.2. The summed E-state index contributed by atoms with van der Waals surface area (Å²) in [7, 11) is 4.12. The summed E-state index contributed by atoms with van der Waals surface area (Å²) in [6.45, 7) is 6.92. The molecule has 15 heavy (non-hydrogen) atoms. The third kappa shape index (κ3) is 3.64. The summed E-state index contributed by atoms with van der Waals surface area (Å²) in [5.41, 5.74) is 5.88. The maximum absolute atomic E-state index is 5.71. The summed E-state index contributed by atoms with van der Waals surface area (Å²) in [5.74, 6) is 1.09. The van der Waals surface area contributed by atoms with Crippen LogP contribution in [0.5, 0.6) is 0 Å². The van der Waals surface area contributed by atoms with Crippen molar-refractivity contribution in [2.45, 2.75) is 20.4 Å². The molecule has 86 valence electrons. The highest BCUT2D eigenvalue weighted by molar-refractivity contribution is 4.91. The van der Waals surface area contributed by atoms with Crippen LogP contribution in [0.3, 0.4) is 0 Å². The molecule has 0 unspecified atom stereocenters. The van der Waals surface area contributed by atoms with Gasteiger partial charge in [-0.25, -0.2) is 4.98 Å². The molecule has 0 amide bonds. The quantitative estimate of drug-likeness (QED) is 0.783. The average Bonchev–Trinajstić information content (AvgIpc) is 2.51. The zero-order valence-electron chi connectivity index (χ0n) is 10.2. The van der Waals surface area contributed by atoms with E-state index in [1.165, 1.54) is 0 Å². The third-order valence-electron chi connectivity index (χ3n) is 2.58. The van der Waals surface area contributed by atoms with Gasteiger partial charge in [-0.05, 0) is 19.0 Å². The molecular formula is C11H22N4. The fraction of sp³-hybridized carbons (Fsp3) is 0.727. The van der Waals surface area contributed by atoms with Crippen LogP contribution in [0, 0.1) is 5.41 Å². The summed E-state index contributed by atoms with van der Waals surface area (Å²) in [5, 5.41) is 0. The zero-order valence-corrected chi connectivity index (χ0v) is 10.2. The van der Waals surface area contributed by atoms with Crippen LogP contribution in [0.15, 0.2) is 12.4 Å².